The van der Waals surface area contributed by atoms with Crippen LogP contribution in [0.5, 0.6) is 5.75 Å². The Balaban J connectivity index is 1.58. The van der Waals surface area contributed by atoms with Gasteiger partial charge in [0.2, 0.25) is 0 Å². The van der Waals surface area contributed by atoms with Gasteiger partial charge in [0.1, 0.15) is 11.6 Å². The van der Waals surface area contributed by atoms with Gasteiger partial charge in [0.15, 0.2) is 0 Å². The van der Waals surface area contributed by atoms with Crippen molar-refractivity contribution in [3.8, 4) is 5.75 Å². The number of aromatic nitrogens is 1. The molecule has 3 aromatic rings. The van der Waals surface area contributed by atoms with Crippen LogP contribution in [0.1, 0.15) is 39.2 Å². The molecule has 1 aromatic heterocycles. The van der Waals surface area contributed by atoms with E-state index in [2.05, 4.69) is 48.4 Å². The Hall–Kier alpha value is -2.50. The van der Waals surface area contributed by atoms with Crippen LogP contribution in [0.2, 0.25) is 5.02 Å². The molecule has 0 spiro atoms. The van der Waals surface area contributed by atoms with E-state index in [9.17, 15) is 0 Å². The lowest BCUT2D eigenvalue weighted by atomic mass is 9.99. The summed E-state index contributed by atoms with van der Waals surface area (Å²) in [5.41, 5.74) is 3.49. The Labute approximate surface area is 196 Å². The molecule has 32 heavy (non-hydrogen) atoms. The first kappa shape index (κ1) is 22.7. The third-order valence-corrected chi connectivity index (χ3v) is 6.11. The molecular formula is C26H33ClN4O. The van der Waals surface area contributed by atoms with Gasteiger partial charge in [0, 0.05) is 53.4 Å². The zero-order valence-corrected chi connectivity index (χ0v) is 20.2. The maximum atomic E-state index is 6.02. The van der Waals surface area contributed by atoms with Crippen LogP contribution in [0.4, 0.5) is 11.5 Å². The number of piperidine rings is 1. The molecule has 2 heterocycles. The van der Waals surface area contributed by atoms with E-state index in [0.717, 1.165) is 53.4 Å². The number of hydrogen-bond donors (Lipinski definition) is 2. The van der Waals surface area contributed by atoms with Crippen molar-refractivity contribution in [2.45, 2.75) is 51.7 Å². The number of rotatable bonds is 6. The minimum absolute atomic E-state index is 0.141. The van der Waals surface area contributed by atoms with Gasteiger partial charge in [-0.3, -0.25) is 0 Å². The van der Waals surface area contributed by atoms with Crippen molar-refractivity contribution in [2.75, 3.05) is 30.4 Å². The summed E-state index contributed by atoms with van der Waals surface area (Å²) >= 11 is 6.02. The third-order valence-electron chi connectivity index (χ3n) is 5.85. The maximum Gasteiger partial charge on any atom is 0.129 e. The molecule has 0 unspecified atom stereocenters. The Morgan fingerprint density at radius 2 is 1.78 bits per heavy atom. The highest BCUT2D eigenvalue weighted by Crippen LogP contribution is 2.33. The van der Waals surface area contributed by atoms with Gasteiger partial charge in [-0.1, -0.05) is 23.7 Å². The largest absolute Gasteiger partial charge is 0.497 e. The van der Waals surface area contributed by atoms with Crippen molar-refractivity contribution >= 4 is 34.0 Å². The molecule has 6 heteroatoms. The zero-order chi connectivity index (χ0) is 22.7. The number of methoxy groups -OCH3 is 1. The molecule has 0 aliphatic carbocycles. The lowest BCUT2D eigenvalue weighted by Gasteiger charge is -2.37. The Morgan fingerprint density at radius 1 is 1.06 bits per heavy atom. The second kappa shape index (κ2) is 9.55. The molecule has 1 fully saturated rings. The number of hydrogen-bond acceptors (Lipinski definition) is 5. The summed E-state index contributed by atoms with van der Waals surface area (Å²) in [5, 5.41) is 9.13. The summed E-state index contributed by atoms with van der Waals surface area (Å²) in [6.07, 6.45) is 2.25. The minimum atomic E-state index is 0.141. The van der Waals surface area contributed by atoms with Gasteiger partial charge < -0.3 is 20.3 Å². The van der Waals surface area contributed by atoms with Crippen LogP contribution in [-0.2, 0) is 6.54 Å². The topological polar surface area (TPSA) is 49.4 Å². The summed E-state index contributed by atoms with van der Waals surface area (Å²) in [5.74, 6) is 1.73. The summed E-state index contributed by atoms with van der Waals surface area (Å²) in [4.78, 5) is 7.35. The van der Waals surface area contributed by atoms with E-state index in [4.69, 9.17) is 21.3 Å². The Kier molecular flexibility index (Phi) is 6.77. The second-order valence-corrected chi connectivity index (χ2v) is 9.98. The Bertz CT molecular complexity index is 1050. The molecule has 1 aliphatic heterocycles. The SMILES string of the molecule is COc1ccc2nc(NCc3ccc(Cl)cc3)cc(N3CCC(NC(C)(C)C)CC3)c2c1. The summed E-state index contributed by atoms with van der Waals surface area (Å²) in [7, 11) is 1.71. The fourth-order valence-corrected chi connectivity index (χ4v) is 4.46. The maximum absolute atomic E-state index is 6.02. The van der Waals surface area contributed by atoms with Crippen molar-refractivity contribution in [1.82, 2.24) is 10.3 Å². The second-order valence-electron chi connectivity index (χ2n) is 9.55. The van der Waals surface area contributed by atoms with E-state index >= 15 is 0 Å². The molecule has 4 rings (SSSR count). The minimum Gasteiger partial charge on any atom is -0.497 e. The zero-order valence-electron chi connectivity index (χ0n) is 19.4. The number of anilines is 2. The van der Waals surface area contributed by atoms with Crippen LogP contribution in [0, 0.1) is 0 Å². The number of ether oxygens (including phenoxy) is 1. The monoisotopic (exact) mass is 452 g/mol. The van der Waals surface area contributed by atoms with Gasteiger partial charge in [0.05, 0.1) is 12.6 Å². The molecule has 0 bridgehead atoms. The number of nitrogens with one attached hydrogen (secondary N) is 2. The van der Waals surface area contributed by atoms with E-state index in [1.165, 1.54) is 11.3 Å². The molecular weight excluding hydrogens is 420 g/mol. The van der Waals surface area contributed by atoms with E-state index in [1.807, 2.05) is 36.4 Å². The molecule has 0 radical (unpaired) electrons. The molecule has 170 valence electrons. The quantitative estimate of drug-likeness (QED) is 0.490. The number of pyridine rings is 1. The molecule has 1 saturated heterocycles. The molecule has 2 aromatic carbocycles. The summed E-state index contributed by atoms with van der Waals surface area (Å²) in [6.45, 7) is 9.44. The molecule has 1 aliphatic rings. The van der Waals surface area contributed by atoms with Gasteiger partial charge >= 0.3 is 0 Å². The van der Waals surface area contributed by atoms with Gasteiger partial charge in [-0.05, 0) is 69.5 Å². The van der Waals surface area contributed by atoms with Crippen molar-refractivity contribution in [3.63, 3.8) is 0 Å². The highest BCUT2D eigenvalue weighted by molar-refractivity contribution is 6.30. The van der Waals surface area contributed by atoms with Crippen molar-refractivity contribution < 1.29 is 4.74 Å². The van der Waals surface area contributed by atoms with Crippen molar-refractivity contribution in [1.29, 1.82) is 0 Å². The lowest BCUT2D eigenvalue weighted by Crippen LogP contribution is -2.49. The normalized spacial score (nSPS) is 15.2. The molecule has 0 atom stereocenters. The van der Waals surface area contributed by atoms with Crippen LogP contribution in [0.15, 0.2) is 48.5 Å². The predicted molar refractivity (Wildman–Crippen MR) is 135 cm³/mol. The molecule has 2 N–H and O–H groups in total. The number of halogens is 1. The van der Waals surface area contributed by atoms with Gasteiger partial charge in [-0.15, -0.1) is 0 Å². The van der Waals surface area contributed by atoms with Crippen LogP contribution in [0.3, 0.4) is 0 Å². The molecule has 0 saturated carbocycles. The average Bonchev–Trinajstić information content (AvgIpc) is 2.77. The van der Waals surface area contributed by atoms with Crippen molar-refractivity contribution in [2.24, 2.45) is 0 Å². The van der Waals surface area contributed by atoms with Gasteiger partial charge in [0.25, 0.3) is 0 Å². The molecule has 0 amide bonds. The third kappa shape index (κ3) is 5.64. The number of nitrogens with zero attached hydrogens (tertiary/aromatic N) is 2. The highest BCUT2D eigenvalue weighted by atomic mass is 35.5. The Morgan fingerprint density at radius 3 is 2.44 bits per heavy atom. The number of benzene rings is 2. The summed E-state index contributed by atoms with van der Waals surface area (Å²) < 4.78 is 5.50. The first-order valence-electron chi connectivity index (χ1n) is 11.3. The number of fused-ring (bicyclic) bond motifs is 1. The predicted octanol–water partition coefficient (Wildman–Crippen LogP) is 5.87. The van der Waals surface area contributed by atoms with Crippen LogP contribution in [-0.4, -0.2) is 36.8 Å². The first-order valence-corrected chi connectivity index (χ1v) is 11.7. The molecule has 5 nitrogen and oxygen atoms in total. The smallest absolute Gasteiger partial charge is 0.129 e. The fraction of sp³-hybridized carbons (Fsp3) is 0.423. The van der Waals surface area contributed by atoms with Crippen LogP contribution < -0.4 is 20.3 Å². The van der Waals surface area contributed by atoms with E-state index in [-0.39, 0.29) is 5.54 Å². The standard InChI is InChI=1S/C26H33ClN4O/c1-26(2,3)30-20-11-13-31(14-12-20)24-16-25(28-17-18-5-7-19(27)8-6-18)29-23-10-9-21(32-4)15-22(23)24/h5-10,15-16,20,30H,11-14,17H2,1-4H3,(H,28,29). The lowest BCUT2D eigenvalue weighted by molar-refractivity contribution is 0.317. The van der Waals surface area contributed by atoms with E-state index < -0.39 is 0 Å². The van der Waals surface area contributed by atoms with Crippen molar-refractivity contribution in [3.05, 3.63) is 59.1 Å². The van der Waals surface area contributed by atoms with E-state index in [0.29, 0.717) is 12.6 Å². The average molecular weight is 453 g/mol. The van der Waals surface area contributed by atoms with Crippen LogP contribution in [0.25, 0.3) is 10.9 Å². The van der Waals surface area contributed by atoms with Crippen LogP contribution >= 0.6 is 11.6 Å². The highest BCUT2D eigenvalue weighted by Gasteiger charge is 2.24. The van der Waals surface area contributed by atoms with E-state index in [1.54, 1.807) is 7.11 Å². The van der Waals surface area contributed by atoms with Gasteiger partial charge in [-0.25, -0.2) is 4.98 Å². The fourth-order valence-electron chi connectivity index (χ4n) is 4.34. The first-order chi connectivity index (χ1) is 15.3. The summed E-state index contributed by atoms with van der Waals surface area (Å²) in [6, 6.07) is 16.7. The van der Waals surface area contributed by atoms with Gasteiger partial charge in [-0.2, -0.15) is 0 Å².